The summed E-state index contributed by atoms with van der Waals surface area (Å²) >= 11 is 0. The number of aryl methyl sites for hydroxylation is 1. The monoisotopic (exact) mass is 301 g/mol. The first-order chi connectivity index (χ1) is 11.2. The largest absolute Gasteiger partial charge is 0.508 e. The zero-order valence-corrected chi connectivity index (χ0v) is 12.6. The Balaban J connectivity index is 1.96. The molecule has 2 aromatic heterocycles. The number of pyridine rings is 1. The smallest absolute Gasteiger partial charge is 0.163 e. The van der Waals surface area contributed by atoms with Crippen LogP contribution < -0.4 is 0 Å². The van der Waals surface area contributed by atoms with E-state index in [-0.39, 0.29) is 5.75 Å². The van der Waals surface area contributed by atoms with Gasteiger partial charge in [0.1, 0.15) is 11.4 Å². The average molecular weight is 301 g/mol. The highest BCUT2D eigenvalue weighted by molar-refractivity contribution is 5.92. The van der Waals surface area contributed by atoms with Crippen LogP contribution in [-0.4, -0.2) is 19.9 Å². The van der Waals surface area contributed by atoms with Crippen molar-refractivity contribution >= 4 is 11.0 Å². The molecule has 0 saturated carbocycles. The van der Waals surface area contributed by atoms with E-state index in [0.717, 1.165) is 28.0 Å². The van der Waals surface area contributed by atoms with Gasteiger partial charge in [-0.05, 0) is 55.5 Å². The van der Waals surface area contributed by atoms with Gasteiger partial charge in [0.2, 0.25) is 0 Å². The molecular weight excluding hydrogens is 286 g/mol. The van der Waals surface area contributed by atoms with Gasteiger partial charge in [-0.3, -0.25) is 0 Å². The fourth-order valence-electron chi connectivity index (χ4n) is 2.65. The molecule has 0 atom stereocenters. The Kier molecular flexibility index (Phi) is 3.08. The molecule has 23 heavy (non-hydrogen) atoms. The summed E-state index contributed by atoms with van der Waals surface area (Å²) in [6.07, 6.45) is 1.77. The summed E-state index contributed by atoms with van der Waals surface area (Å²) < 4.78 is 1.86. The van der Waals surface area contributed by atoms with E-state index >= 15 is 0 Å². The van der Waals surface area contributed by atoms with Crippen molar-refractivity contribution in [1.82, 2.24) is 14.8 Å². The van der Waals surface area contributed by atoms with Crippen LogP contribution in [-0.2, 0) is 0 Å². The lowest BCUT2D eigenvalue weighted by atomic mass is 10.1. The number of rotatable bonds is 2. The average Bonchev–Trinajstić information content (AvgIpc) is 2.96. The van der Waals surface area contributed by atoms with E-state index in [2.05, 4.69) is 24.0 Å². The topological polar surface area (TPSA) is 50.9 Å². The fourth-order valence-corrected chi connectivity index (χ4v) is 2.65. The molecule has 0 unspecified atom stereocenters. The van der Waals surface area contributed by atoms with Gasteiger partial charge in [-0.25, -0.2) is 9.67 Å². The second kappa shape index (κ2) is 5.25. The highest BCUT2D eigenvalue weighted by atomic mass is 16.3. The number of aromatic hydroxyl groups is 1. The Hall–Kier alpha value is -3.14. The number of hydrogen-bond acceptors (Lipinski definition) is 3. The van der Waals surface area contributed by atoms with Crippen LogP contribution in [0.3, 0.4) is 0 Å². The Morgan fingerprint density at radius 3 is 2.39 bits per heavy atom. The van der Waals surface area contributed by atoms with E-state index in [4.69, 9.17) is 5.10 Å². The number of phenolic OH excluding ortho intramolecular Hbond substituents is 1. The molecule has 0 aliphatic rings. The van der Waals surface area contributed by atoms with Crippen LogP contribution in [0.15, 0.2) is 66.9 Å². The summed E-state index contributed by atoms with van der Waals surface area (Å²) in [6.45, 7) is 2.06. The van der Waals surface area contributed by atoms with E-state index in [1.165, 1.54) is 5.56 Å². The van der Waals surface area contributed by atoms with Gasteiger partial charge in [-0.15, -0.1) is 0 Å². The Bertz CT molecular complexity index is 890. The van der Waals surface area contributed by atoms with Crippen LogP contribution in [0.2, 0.25) is 0 Å². The third-order valence-electron chi connectivity index (χ3n) is 3.86. The SMILES string of the molecule is Cc1ccc(-n2nc(-c3ccc(O)cc3)c3cccnc32)cc1. The van der Waals surface area contributed by atoms with Crippen molar-refractivity contribution in [2.45, 2.75) is 6.92 Å². The molecule has 4 aromatic rings. The van der Waals surface area contributed by atoms with Crippen molar-refractivity contribution in [2.24, 2.45) is 0 Å². The molecule has 2 heterocycles. The number of benzene rings is 2. The first-order valence-electron chi connectivity index (χ1n) is 7.42. The minimum atomic E-state index is 0.245. The predicted molar refractivity (Wildman–Crippen MR) is 90.7 cm³/mol. The Labute approximate surface area is 133 Å². The zero-order valence-electron chi connectivity index (χ0n) is 12.6. The van der Waals surface area contributed by atoms with Crippen LogP contribution in [0.5, 0.6) is 5.75 Å². The first kappa shape index (κ1) is 13.5. The first-order valence-corrected chi connectivity index (χ1v) is 7.42. The molecule has 2 aromatic carbocycles. The lowest BCUT2D eigenvalue weighted by Gasteiger charge is -2.02. The summed E-state index contributed by atoms with van der Waals surface area (Å²) in [5.41, 5.74) is 4.81. The molecule has 0 saturated heterocycles. The minimum absolute atomic E-state index is 0.245. The van der Waals surface area contributed by atoms with Gasteiger partial charge in [-0.2, -0.15) is 5.10 Å². The van der Waals surface area contributed by atoms with Crippen LogP contribution in [0.4, 0.5) is 0 Å². The van der Waals surface area contributed by atoms with E-state index < -0.39 is 0 Å². The highest BCUT2D eigenvalue weighted by Crippen LogP contribution is 2.29. The lowest BCUT2D eigenvalue weighted by molar-refractivity contribution is 0.475. The van der Waals surface area contributed by atoms with Gasteiger partial charge in [-0.1, -0.05) is 17.7 Å². The standard InChI is InChI=1S/C19H15N3O/c1-13-4-8-15(9-5-13)22-19-17(3-2-12-20-19)18(21-22)14-6-10-16(23)11-7-14/h2-12,23H,1H3. The maximum absolute atomic E-state index is 9.49. The molecule has 0 radical (unpaired) electrons. The van der Waals surface area contributed by atoms with Gasteiger partial charge in [0.15, 0.2) is 5.65 Å². The van der Waals surface area contributed by atoms with Crippen molar-refractivity contribution in [3.8, 4) is 22.7 Å². The molecule has 0 bridgehead atoms. The molecule has 0 aliphatic carbocycles. The van der Waals surface area contributed by atoms with E-state index in [1.54, 1.807) is 18.3 Å². The normalized spacial score (nSPS) is 11.0. The van der Waals surface area contributed by atoms with Crippen molar-refractivity contribution < 1.29 is 5.11 Å². The lowest BCUT2D eigenvalue weighted by Crippen LogP contribution is -1.97. The molecule has 4 heteroatoms. The van der Waals surface area contributed by atoms with E-state index in [0.29, 0.717) is 0 Å². The fraction of sp³-hybridized carbons (Fsp3) is 0.0526. The van der Waals surface area contributed by atoms with Gasteiger partial charge in [0.05, 0.1) is 5.69 Å². The van der Waals surface area contributed by atoms with Crippen LogP contribution >= 0.6 is 0 Å². The summed E-state index contributed by atoms with van der Waals surface area (Å²) in [4.78, 5) is 4.49. The molecule has 4 nitrogen and oxygen atoms in total. The van der Waals surface area contributed by atoms with Gasteiger partial charge in [0, 0.05) is 17.1 Å². The summed E-state index contributed by atoms with van der Waals surface area (Å²) in [5.74, 6) is 0.245. The number of hydrogen-bond donors (Lipinski definition) is 1. The molecule has 0 spiro atoms. The van der Waals surface area contributed by atoms with Crippen LogP contribution in [0, 0.1) is 6.92 Å². The Morgan fingerprint density at radius 2 is 1.65 bits per heavy atom. The molecule has 0 amide bonds. The zero-order chi connectivity index (χ0) is 15.8. The van der Waals surface area contributed by atoms with Crippen molar-refractivity contribution in [3.63, 3.8) is 0 Å². The number of fused-ring (bicyclic) bond motifs is 1. The molecule has 1 N–H and O–H groups in total. The van der Waals surface area contributed by atoms with E-state index in [9.17, 15) is 5.11 Å². The predicted octanol–water partition coefficient (Wildman–Crippen LogP) is 4.10. The van der Waals surface area contributed by atoms with Gasteiger partial charge in [0.25, 0.3) is 0 Å². The van der Waals surface area contributed by atoms with Gasteiger partial charge >= 0.3 is 0 Å². The summed E-state index contributed by atoms with van der Waals surface area (Å²) in [7, 11) is 0. The summed E-state index contributed by atoms with van der Waals surface area (Å²) in [5, 5.41) is 15.2. The minimum Gasteiger partial charge on any atom is -0.508 e. The number of aromatic nitrogens is 3. The molecule has 0 aliphatic heterocycles. The third-order valence-corrected chi connectivity index (χ3v) is 3.86. The van der Waals surface area contributed by atoms with Gasteiger partial charge < -0.3 is 5.11 Å². The Morgan fingerprint density at radius 1 is 0.913 bits per heavy atom. The molecule has 4 rings (SSSR count). The van der Waals surface area contributed by atoms with Crippen molar-refractivity contribution in [3.05, 3.63) is 72.4 Å². The van der Waals surface area contributed by atoms with Crippen molar-refractivity contribution in [2.75, 3.05) is 0 Å². The third kappa shape index (κ3) is 2.34. The highest BCUT2D eigenvalue weighted by Gasteiger charge is 2.14. The maximum Gasteiger partial charge on any atom is 0.163 e. The quantitative estimate of drug-likeness (QED) is 0.606. The molecular formula is C19H15N3O. The number of nitrogens with zero attached hydrogens (tertiary/aromatic N) is 3. The molecule has 112 valence electrons. The second-order valence-corrected chi connectivity index (χ2v) is 5.52. The van der Waals surface area contributed by atoms with Crippen LogP contribution in [0.25, 0.3) is 28.0 Å². The van der Waals surface area contributed by atoms with Crippen molar-refractivity contribution in [1.29, 1.82) is 0 Å². The number of phenols is 1. The maximum atomic E-state index is 9.49. The van der Waals surface area contributed by atoms with Crippen LogP contribution in [0.1, 0.15) is 5.56 Å². The second-order valence-electron chi connectivity index (χ2n) is 5.52. The molecule has 0 fully saturated rings. The summed E-state index contributed by atoms with van der Waals surface area (Å²) in [6, 6.07) is 19.2. The van der Waals surface area contributed by atoms with E-state index in [1.807, 2.05) is 41.1 Å².